The molecule has 0 spiro atoms. The van der Waals surface area contributed by atoms with Gasteiger partial charge in [0.1, 0.15) is 5.82 Å². The number of nitrogens with zero attached hydrogens (tertiary/aromatic N) is 9. The second-order valence-corrected chi connectivity index (χ2v) is 22.5. The van der Waals surface area contributed by atoms with Crippen LogP contribution < -0.4 is 31.9 Å². The summed E-state index contributed by atoms with van der Waals surface area (Å²) in [5.74, 6) is 1.05. The average molecular weight is 1140 g/mol. The van der Waals surface area contributed by atoms with E-state index in [1.165, 1.54) is 23.3 Å². The maximum atomic E-state index is 13.6. The monoisotopic (exact) mass is 1140 g/mol. The van der Waals surface area contributed by atoms with Crippen molar-refractivity contribution in [1.29, 1.82) is 5.26 Å². The Balaban J connectivity index is 0.583. The van der Waals surface area contributed by atoms with E-state index in [-0.39, 0.29) is 17.9 Å². The smallest absolute Gasteiger partial charge is 0.323 e. The second kappa shape index (κ2) is 26.2. The number of hydrogen-bond donors (Lipinski definition) is 6. The number of nitrogens with one attached hydrogen (secondary N) is 6. The molecule has 85 heavy (non-hydrogen) atoms. The number of carbonyl (C=O) groups excluding carboxylic acids is 2. The first-order valence-electron chi connectivity index (χ1n) is 29.5. The van der Waals surface area contributed by atoms with Gasteiger partial charge in [0, 0.05) is 130 Å². The molecule has 0 saturated carbocycles. The molecule has 2 atom stereocenters. The lowest BCUT2D eigenvalue weighted by atomic mass is 9.78. The summed E-state index contributed by atoms with van der Waals surface area (Å²) in [6.45, 7) is 12.2. The maximum absolute atomic E-state index is 13.6. The molecule has 2 aromatic heterocycles. The summed E-state index contributed by atoms with van der Waals surface area (Å²) in [5, 5.41) is 28.5. The highest BCUT2D eigenvalue weighted by Gasteiger charge is 2.30. The molecule has 4 heterocycles. The highest BCUT2D eigenvalue weighted by molar-refractivity contribution is 6.00. The van der Waals surface area contributed by atoms with E-state index < -0.39 is 11.8 Å². The number of aromatic nitrogens is 4. The normalized spacial score (nSPS) is 16.8. The molecule has 6 aromatic carbocycles. The number of rotatable bonds is 18. The molecule has 18 heteroatoms. The molecule has 0 bridgehead atoms. The van der Waals surface area contributed by atoms with Gasteiger partial charge in [-0.15, -0.1) is 0 Å². The van der Waals surface area contributed by atoms with Crippen LogP contribution in [0.5, 0.6) is 0 Å². The van der Waals surface area contributed by atoms with E-state index in [1.807, 2.05) is 60.9 Å². The molecule has 2 saturated heterocycles. The standard InChI is InChI=1S/C67H70FN15O2/c1-80-29-31-81(32-30-80)27-7-25-70-64-72-42-48-39-61(57-12-3-4-13-58(57)62(48)78-64)46-17-22-53(23-18-46)75-67(85)77-55-24-19-47(41-69)50(37-55)44-83-35-33-82(34-36-83)28-8-26-71-65-73-43-49-38-60(56-11-2-5-14-59(56)63(49)79-65)45-15-20-52(21-16-45)74-66(84)76-54-10-6-9-51(68)40-54/h2-6,9-24,37,40,42-43,60-61H,7-8,25-36,38-39,44H2,1H3,(H,70,72,78)(H,71,73,79)(H2,74,76,84)(H2,75,77,85). The summed E-state index contributed by atoms with van der Waals surface area (Å²) in [6.07, 6.45) is 7.39. The van der Waals surface area contributed by atoms with Crippen LogP contribution in [0.25, 0.3) is 22.5 Å². The predicted molar refractivity (Wildman–Crippen MR) is 334 cm³/mol. The van der Waals surface area contributed by atoms with Crippen LogP contribution in [0, 0.1) is 17.1 Å². The fourth-order valence-corrected chi connectivity index (χ4v) is 12.2. The molecular weight excluding hydrogens is 1070 g/mol. The van der Waals surface area contributed by atoms with E-state index >= 15 is 0 Å². The highest BCUT2D eigenvalue weighted by atomic mass is 19.1. The van der Waals surface area contributed by atoms with Crippen LogP contribution in [0.1, 0.15) is 69.2 Å². The van der Waals surface area contributed by atoms with E-state index in [9.17, 15) is 19.2 Å². The number of amides is 4. The van der Waals surface area contributed by atoms with Crippen molar-refractivity contribution in [3.05, 3.63) is 202 Å². The summed E-state index contributed by atoms with van der Waals surface area (Å²) in [7, 11) is 2.19. The van der Waals surface area contributed by atoms with Crippen LogP contribution >= 0.6 is 0 Å². The maximum Gasteiger partial charge on any atom is 0.323 e. The van der Waals surface area contributed by atoms with Gasteiger partial charge in [-0.1, -0.05) is 78.9 Å². The number of carbonyl (C=O) groups is 2. The number of urea groups is 2. The predicted octanol–water partition coefficient (Wildman–Crippen LogP) is 10.9. The Hall–Kier alpha value is -9.12. The van der Waals surface area contributed by atoms with Crippen molar-refractivity contribution in [3.8, 4) is 28.6 Å². The third-order valence-electron chi connectivity index (χ3n) is 16.8. The molecule has 2 aliphatic heterocycles. The molecule has 0 radical (unpaired) electrons. The fraction of sp³-hybridized carbons (Fsp3) is 0.299. The summed E-state index contributed by atoms with van der Waals surface area (Å²) < 4.78 is 13.6. The van der Waals surface area contributed by atoms with E-state index in [1.54, 1.807) is 24.3 Å². The van der Waals surface area contributed by atoms with E-state index in [0.29, 0.717) is 46.8 Å². The van der Waals surface area contributed by atoms with Gasteiger partial charge in [0.25, 0.3) is 0 Å². The van der Waals surface area contributed by atoms with Crippen molar-refractivity contribution in [2.45, 2.75) is 44.1 Å². The Morgan fingerprint density at radius 2 is 1.02 bits per heavy atom. The zero-order valence-electron chi connectivity index (χ0n) is 47.8. The molecular formula is C67H70FN15O2. The van der Waals surface area contributed by atoms with Gasteiger partial charge in [-0.25, -0.2) is 33.9 Å². The van der Waals surface area contributed by atoms with Gasteiger partial charge in [0.15, 0.2) is 0 Å². The van der Waals surface area contributed by atoms with Crippen LogP contribution in [-0.4, -0.2) is 137 Å². The number of benzene rings is 6. The largest absolute Gasteiger partial charge is 0.354 e. The first kappa shape index (κ1) is 56.4. The van der Waals surface area contributed by atoms with E-state index in [4.69, 9.17) is 19.9 Å². The minimum absolute atomic E-state index is 0.0850. The molecule has 17 nitrogen and oxygen atoms in total. The summed E-state index contributed by atoms with van der Waals surface area (Å²) in [4.78, 5) is 55.3. The Kier molecular flexibility index (Phi) is 17.4. The molecule has 4 amide bonds. The number of likely N-dealkylation sites (N-methyl/N-ethyl adjacent to an activating group) is 1. The lowest BCUT2D eigenvalue weighted by Crippen LogP contribution is -2.46. The van der Waals surface area contributed by atoms with Gasteiger partial charge < -0.3 is 46.6 Å². The molecule has 4 aliphatic rings. The lowest BCUT2D eigenvalue weighted by Gasteiger charge is -2.35. The number of hydrogen-bond acceptors (Lipinski definition) is 13. The average Bonchev–Trinajstić information content (AvgIpc) is 2.74. The Labute approximate surface area is 495 Å². The molecule has 432 valence electrons. The number of anilines is 6. The third kappa shape index (κ3) is 13.8. The number of piperazine rings is 2. The first-order chi connectivity index (χ1) is 41.6. The van der Waals surface area contributed by atoms with Gasteiger partial charge >= 0.3 is 12.1 Å². The summed E-state index contributed by atoms with van der Waals surface area (Å²) in [6, 6.07) is 45.6. The molecule has 2 unspecified atom stereocenters. The molecule has 12 rings (SSSR count). The molecule has 6 N–H and O–H groups in total. The van der Waals surface area contributed by atoms with Crippen molar-refractivity contribution in [3.63, 3.8) is 0 Å². The molecule has 2 aliphatic carbocycles. The minimum Gasteiger partial charge on any atom is -0.354 e. The Morgan fingerprint density at radius 1 is 0.553 bits per heavy atom. The van der Waals surface area contributed by atoms with Gasteiger partial charge in [-0.3, -0.25) is 4.90 Å². The van der Waals surface area contributed by atoms with E-state index in [0.717, 1.165) is 155 Å². The van der Waals surface area contributed by atoms with Crippen LogP contribution in [0.2, 0.25) is 0 Å². The van der Waals surface area contributed by atoms with Crippen molar-refractivity contribution < 1.29 is 14.0 Å². The first-order valence-corrected chi connectivity index (χ1v) is 29.5. The number of nitriles is 1. The zero-order valence-corrected chi connectivity index (χ0v) is 47.8. The fourth-order valence-electron chi connectivity index (χ4n) is 12.2. The second-order valence-electron chi connectivity index (χ2n) is 22.5. The number of fused-ring (bicyclic) bond motifs is 6. The Morgan fingerprint density at radius 3 is 1.54 bits per heavy atom. The quantitative estimate of drug-likeness (QED) is 0.0445. The number of halogens is 1. The van der Waals surface area contributed by atoms with Crippen molar-refractivity contribution in [2.24, 2.45) is 0 Å². The van der Waals surface area contributed by atoms with Crippen LogP contribution in [0.3, 0.4) is 0 Å². The van der Waals surface area contributed by atoms with Gasteiger partial charge in [0.2, 0.25) is 11.9 Å². The summed E-state index contributed by atoms with van der Waals surface area (Å²) >= 11 is 0. The Bertz CT molecular complexity index is 3710. The van der Waals surface area contributed by atoms with E-state index in [2.05, 4.69) is 119 Å². The van der Waals surface area contributed by atoms with Crippen molar-refractivity contribution >= 4 is 46.7 Å². The van der Waals surface area contributed by atoms with Crippen molar-refractivity contribution in [2.75, 3.05) is 117 Å². The third-order valence-corrected chi connectivity index (χ3v) is 16.8. The van der Waals surface area contributed by atoms with Crippen LogP contribution in [-0.2, 0) is 19.4 Å². The van der Waals surface area contributed by atoms with Gasteiger partial charge in [0.05, 0.1) is 23.0 Å². The van der Waals surface area contributed by atoms with Gasteiger partial charge in [-0.05, 0) is 145 Å². The zero-order chi connectivity index (χ0) is 58.1. The minimum atomic E-state index is -0.449. The SMILES string of the molecule is CN1CCN(CCCNc2ncc3c(n2)-c2ccccc2C(c2ccc(NC(=O)Nc4ccc(C#N)c(CN5CCN(CCCNc6ncc7c(n6)-c6ccccc6C(c6ccc(NC(=O)Nc8cccc(F)c8)cc6)C7)CC5)c4)cc2)C3)CC1. The molecule has 8 aromatic rings. The lowest BCUT2D eigenvalue weighted by molar-refractivity contribution is 0.127. The van der Waals surface area contributed by atoms with Crippen LogP contribution in [0.4, 0.5) is 48.6 Å². The van der Waals surface area contributed by atoms with Crippen molar-refractivity contribution in [1.82, 2.24) is 39.5 Å². The van der Waals surface area contributed by atoms with Crippen LogP contribution in [0.15, 0.2) is 152 Å². The summed E-state index contributed by atoms with van der Waals surface area (Å²) in [5.41, 5.74) is 14.8. The highest BCUT2D eigenvalue weighted by Crippen LogP contribution is 2.44. The van der Waals surface area contributed by atoms with Gasteiger partial charge in [-0.2, -0.15) is 5.26 Å². The molecule has 2 fully saturated rings. The topological polar surface area (TPSA) is 195 Å².